The number of Topliss-reactive ketones (excluding diaryl/α,β-unsaturated/α-hetero) is 1. The quantitative estimate of drug-likeness (QED) is 0.814. The van der Waals surface area contributed by atoms with Crippen LogP contribution in [0.5, 0.6) is 0 Å². The summed E-state index contributed by atoms with van der Waals surface area (Å²) in [5.74, 6) is 0.712. The standard InChI is InChI=1S/C14H14N2O/c17-14(5-10-7-15-8-10)12-6-11-3-1-2-4-13(11)16-9-12/h1-4,6,9-10,15H,5,7-8H2. The number of benzene rings is 1. The zero-order valence-corrected chi connectivity index (χ0v) is 9.52. The van der Waals surface area contributed by atoms with Crippen LogP contribution in [0.2, 0.25) is 0 Å². The Kier molecular flexibility index (Phi) is 2.61. The first-order chi connectivity index (χ1) is 8.33. The Hall–Kier alpha value is -1.74. The number of para-hydroxylation sites is 1. The van der Waals surface area contributed by atoms with E-state index in [4.69, 9.17) is 0 Å². The second kappa shape index (κ2) is 4.26. The van der Waals surface area contributed by atoms with Gasteiger partial charge in [0.05, 0.1) is 5.52 Å². The fourth-order valence-corrected chi connectivity index (χ4v) is 2.10. The molecular formula is C14H14N2O. The molecule has 2 heterocycles. The van der Waals surface area contributed by atoms with Gasteiger partial charge < -0.3 is 5.32 Å². The summed E-state index contributed by atoms with van der Waals surface area (Å²) in [4.78, 5) is 16.3. The van der Waals surface area contributed by atoms with Crippen LogP contribution in [-0.4, -0.2) is 23.9 Å². The number of aromatic nitrogens is 1. The maximum absolute atomic E-state index is 12.0. The lowest BCUT2D eigenvalue weighted by molar-refractivity contribution is 0.0945. The zero-order chi connectivity index (χ0) is 11.7. The maximum atomic E-state index is 12.0. The molecule has 1 saturated heterocycles. The molecule has 2 aromatic rings. The summed E-state index contributed by atoms with van der Waals surface area (Å²) < 4.78 is 0. The predicted octanol–water partition coefficient (Wildman–Crippen LogP) is 2.03. The predicted molar refractivity (Wildman–Crippen MR) is 67.1 cm³/mol. The summed E-state index contributed by atoms with van der Waals surface area (Å²) in [6.45, 7) is 1.93. The number of hydrogen-bond donors (Lipinski definition) is 1. The minimum absolute atomic E-state index is 0.203. The molecule has 1 aliphatic heterocycles. The highest BCUT2D eigenvalue weighted by Crippen LogP contribution is 2.17. The maximum Gasteiger partial charge on any atom is 0.164 e. The van der Waals surface area contributed by atoms with E-state index < -0.39 is 0 Å². The van der Waals surface area contributed by atoms with E-state index in [-0.39, 0.29) is 5.78 Å². The van der Waals surface area contributed by atoms with Crippen molar-refractivity contribution in [3.8, 4) is 0 Å². The largest absolute Gasteiger partial charge is 0.316 e. The Balaban J connectivity index is 1.86. The van der Waals surface area contributed by atoms with Gasteiger partial charge in [0.15, 0.2) is 5.78 Å². The third kappa shape index (κ3) is 2.06. The van der Waals surface area contributed by atoms with E-state index in [0.717, 1.165) is 29.6 Å². The number of nitrogens with one attached hydrogen (secondary N) is 1. The first kappa shape index (κ1) is 10.4. The highest BCUT2D eigenvalue weighted by atomic mass is 16.1. The van der Waals surface area contributed by atoms with Gasteiger partial charge in [-0.05, 0) is 31.1 Å². The van der Waals surface area contributed by atoms with Crippen LogP contribution < -0.4 is 5.32 Å². The Morgan fingerprint density at radius 1 is 1.35 bits per heavy atom. The summed E-state index contributed by atoms with van der Waals surface area (Å²) in [6.07, 6.45) is 2.32. The smallest absolute Gasteiger partial charge is 0.164 e. The highest BCUT2D eigenvalue weighted by molar-refractivity contribution is 5.98. The van der Waals surface area contributed by atoms with Crippen LogP contribution in [0.3, 0.4) is 0 Å². The molecule has 17 heavy (non-hydrogen) atoms. The highest BCUT2D eigenvalue weighted by Gasteiger charge is 2.21. The van der Waals surface area contributed by atoms with Crippen LogP contribution in [0.25, 0.3) is 10.9 Å². The number of ketones is 1. The zero-order valence-electron chi connectivity index (χ0n) is 9.52. The molecule has 0 saturated carbocycles. The normalized spacial score (nSPS) is 15.8. The summed E-state index contributed by atoms with van der Waals surface area (Å²) in [6, 6.07) is 9.81. The molecule has 0 amide bonds. The van der Waals surface area contributed by atoms with Crippen molar-refractivity contribution in [1.82, 2.24) is 10.3 Å². The minimum atomic E-state index is 0.203. The minimum Gasteiger partial charge on any atom is -0.316 e. The van der Waals surface area contributed by atoms with E-state index in [1.165, 1.54) is 0 Å². The summed E-state index contributed by atoms with van der Waals surface area (Å²) in [7, 11) is 0. The Morgan fingerprint density at radius 2 is 2.18 bits per heavy atom. The van der Waals surface area contributed by atoms with Crippen molar-refractivity contribution in [3.05, 3.63) is 42.1 Å². The van der Waals surface area contributed by atoms with Gasteiger partial charge in [0, 0.05) is 23.6 Å². The number of pyridine rings is 1. The van der Waals surface area contributed by atoms with Crippen LogP contribution in [0.15, 0.2) is 36.5 Å². The van der Waals surface area contributed by atoms with E-state index in [0.29, 0.717) is 12.3 Å². The third-order valence-electron chi connectivity index (χ3n) is 3.25. The molecule has 86 valence electrons. The molecule has 3 rings (SSSR count). The fourth-order valence-electron chi connectivity index (χ4n) is 2.10. The number of nitrogens with zero attached hydrogens (tertiary/aromatic N) is 1. The molecule has 0 unspecified atom stereocenters. The molecule has 0 bridgehead atoms. The van der Waals surface area contributed by atoms with E-state index in [2.05, 4.69) is 10.3 Å². The number of rotatable bonds is 3. The number of carbonyl (C=O) groups excluding carboxylic acids is 1. The van der Waals surface area contributed by atoms with Gasteiger partial charge >= 0.3 is 0 Å². The van der Waals surface area contributed by atoms with E-state index in [1.54, 1.807) is 6.20 Å². The van der Waals surface area contributed by atoms with Gasteiger partial charge in [0.25, 0.3) is 0 Å². The van der Waals surface area contributed by atoms with Crippen molar-refractivity contribution in [2.24, 2.45) is 5.92 Å². The van der Waals surface area contributed by atoms with E-state index >= 15 is 0 Å². The molecule has 0 spiro atoms. The van der Waals surface area contributed by atoms with E-state index in [9.17, 15) is 4.79 Å². The van der Waals surface area contributed by atoms with Crippen LogP contribution in [-0.2, 0) is 0 Å². The van der Waals surface area contributed by atoms with Crippen LogP contribution >= 0.6 is 0 Å². The Morgan fingerprint density at radius 3 is 2.94 bits per heavy atom. The van der Waals surface area contributed by atoms with Gasteiger partial charge in [-0.1, -0.05) is 18.2 Å². The number of fused-ring (bicyclic) bond motifs is 1. The van der Waals surface area contributed by atoms with Crippen LogP contribution in [0.1, 0.15) is 16.8 Å². The molecule has 3 heteroatoms. The van der Waals surface area contributed by atoms with Crippen LogP contribution in [0, 0.1) is 5.92 Å². The Bertz CT molecular complexity index is 561. The molecule has 0 aliphatic carbocycles. The lowest BCUT2D eigenvalue weighted by Crippen LogP contribution is -2.42. The fraction of sp³-hybridized carbons (Fsp3) is 0.286. The summed E-state index contributed by atoms with van der Waals surface area (Å²) >= 11 is 0. The average molecular weight is 226 g/mol. The molecule has 1 N–H and O–H groups in total. The summed E-state index contributed by atoms with van der Waals surface area (Å²) in [5.41, 5.74) is 1.67. The van der Waals surface area contributed by atoms with Gasteiger partial charge in [0.2, 0.25) is 0 Å². The second-order valence-corrected chi connectivity index (χ2v) is 4.57. The molecule has 1 fully saturated rings. The molecule has 0 atom stereocenters. The van der Waals surface area contributed by atoms with Gasteiger partial charge in [-0.2, -0.15) is 0 Å². The van der Waals surface area contributed by atoms with E-state index in [1.807, 2.05) is 30.3 Å². The first-order valence-electron chi connectivity index (χ1n) is 5.91. The van der Waals surface area contributed by atoms with Crippen molar-refractivity contribution < 1.29 is 4.79 Å². The molecule has 3 nitrogen and oxygen atoms in total. The van der Waals surface area contributed by atoms with Gasteiger partial charge in [0.1, 0.15) is 0 Å². The molecule has 1 aliphatic rings. The SMILES string of the molecule is O=C(CC1CNC1)c1cnc2ccccc2c1. The monoisotopic (exact) mass is 226 g/mol. The average Bonchev–Trinajstić information content (AvgIpc) is 2.33. The molecule has 1 aromatic heterocycles. The van der Waals surface area contributed by atoms with Crippen molar-refractivity contribution in [3.63, 3.8) is 0 Å². The van der Waals surface area contributed by atoms with Crippen LogP contribution in [0.4, 0.5) is 0 Å². The number of carbonyl (C=O) groups is 1. The Labute approximate surface area is 99.9 Å². The van der Waals surface area contributed by atoms with Crippen molar-refractivity contribution in [2.45, 2.75) is 6.42 Å². The van der Waals surface area contributed by atoms with Gasteiger partial charge in [-0.25, -0.2) is 0 Å². The second-order valence-electron chi connectivity index (χ2n) is 4.57. The molecular weight excluding hydrogens is 212 g/mol. The van der Waals surface area contributed by atoms with Crippen molar-refractivity contribution in [1.29, 1.82) is 0 Å². The topological polar surface area (TPSA) is 42.0 Å². The van der Waals surface area contributed by atoms with Gasteiger partial charge in [-0.3, -0.25) is 9.78 Å². The van der Waals surface area contributed by atoms with Crippen molar-refractivity contribution in [2.75, 3.05) is 13.1 Å². The molecule has 1 aromatic carbocycles. The third-order valence-corrected chi connectivity index (χ3v) is 3.25. The lowest BCUT2D eigenvalue weighted by Gasteiger charge is -2.26. The van der Waals surface area contributed by atoms with Crippen molar-refractivity contribution >= 4 is 16.7 Å². The summed E-state index contributed by atoms with van der Waals surface area (Å²) in [5, 5.41) is 4.21. The number of hydrogen-bond acceptors (Lipinski definition) is 3. The lowest BCUT2D eigenvalue weighted by atomic mass is 9.94. The van der Waals surface area contributed by atoms with Gasteiger partial charge in [-0.15, -0.1) is 0 Å². The first-order valence-corrected chi connectivity index (χ1v) is 5.91. The molecule has 0 radical (unpaired) electrons.